The molecule has 1 aromatic carbocycles. The highest BCUT2D eigenvalue weighted by Crippen LogP contribution is 2.40. The van der Waals surface area contributed by atoms with Gasteiger partial charge in [0.25, 0.3) is 5.91 Å². The van der Waals surface area contributed by atoms with Crippen molar-refractivity contribution >= 4 is 23.5 Å². The maximum atomic E-state index is 13.3. The van der Waals surface area contributed by atoms with E-state index in [1.165, 1.54) is 12.8 Å². The van der Waals surface area contributed by atoms with Gasteiger partial charge in [0.2, 0.25) is 11.9 Å². The van der Waals surface area contributed by atoms with Crippen LogP contribution >= 0.6 is 0 Å². The third kappa shape index (κ3) is 3.26. The van der Waals surface area contributed by atoms with Crippen LogP contribution in [0.1, 0.15) is 61.7 Å². The lowest BCUT2D eigenvalue weighted by Crippen LogP contribution is -2.58. The number of likely N-dealkylation sites (tertiary alicyclic amines) is 1. The maximum Gasteiger partial charge on any atom is 0.255 e. The molecule has 0 bridgehead atoms. The van der Waals surface area contributed by atoms with Crippen LogP contribution in [0.4, 0.5) is 5.69 Å². The molecule has 0 unspecified atom stereocenters. The first-order valence-electron chi connectivity index (χ1n) is 9.99. The SMILES string of the molecule is NC1=NC2(CCCCC2)N(c2ccccc2C(=O)N2CCCCC2)C(N)=N1. The molecule has 0 radical (unpaired) electrons. The van der Waals surface area contributed by atoms with E-state index >= 15 is 0 Å². The Bertz CT molecular complexity index is 774. The zero-order chi connectivity index (χ0) is 18.9. The second kappa shape index (κ2) is 7.21. The van der Waals surface area contributed by atoms with E-state index in [2.05, 4.69) is 4.99 Å². The van der Waals surface area contributed by atoms with E-state index in [1.807, 2.05) is 34.1 Å². The summed E-state index contributed by atoms with van der Waals surface area (Å²) < 4.78 is 0. The molecule has 7 heteroatoms. The molecule has 144 valence electrons. The number of piperidine rings is 1. The molecule has 2 heterocycles. The van der Waals surface area contributed by atoms with Crippen LogP contribution < -0.4 is 16.4 Å². The van der Waals surface area contributed by atoms with Crippen LogP contribution in [-0.4, -0.2) is 41.5 Å². The monoisotopic (exact) mass is 368 g/mol. The number of carbonyl (C=O) groups is 1. The van der Waals surface area contributed by atoms with Gasteiger partial charge in [0.15, 0.2) is 0 Å². The Labute approximate surface area is 160 Å². The zero-order valence-electron chi connectivity index (χ0n) is 15.7. The minimum absolute atomic E-state index is 0.0617. The van der Waals surface area contributed by atoms with Crippen LogP contribution in [0.5, 0.6) is 0 Å². The number of guanidine groups is 2. The van der Waals surface area contributed by atoms with Crippen LogP contribution in [-0.2, 0) is 0 Å². The number of nitrogens with zero attached hydrogens (tertiary/aromatic N) is 4. The Morgan fingerprint density at radius 2 is 1.63 bits per heavy atom. The van der Waals surface area contributed by atoms with Gasteiger partial charge in [0.1, 0.15) is 5.66 Å². The Balaban J connectivity index is 1.75. The summed E-state index contributed by atoms with van der Waals surface area (Å²) in [5.41, 5.74) is 13.2. The number of hydrogen-bond donors (Lipinski definition) is 2. The number of aliphatic imine (C=N–C) groups is 2. The molecule has 1 saturated heterocycles. The van der Waals surface area contributed by atoms with Crippen molar-refractivity contribution in [3.63, 3.8) is 0 Å². The standard InChI is InChI=1S/C20H28N6O/c21-18-23-19(22)26(20(24-18)11-5-1-6-12-20)16-10-4-3-9-15(16)17(27)25-13-7-2-8-14-25/h3-4,9-10H,1-2,5-8,11-14H2,(H4,21,22,23,24). The molecule has 1 spiro atoms. The van der Waals surface area contributed by atoms with Crippen molar-refractivity contribution in [3.05, 3.63) is 29.8 Å². The lowest BCUT2D eigenvalue weighted by Gasteiger charge is -2.46. The first kappa shape index (κ1) is 17.8. The topological polar surface area (TPSA) is 100 Å². The molecule has 1 amide bonds. The second-order valence-corrected chi connectivity index (χ2v) is 7.69. The van der Waals surface area contributed by atoms with Crippen molar-refractivity contribution < 1.29 is 4.79 Å². The fraction of sp³-hybridized carbons (Fsp3) is 0.550. The van der Waals surface area contributed by atoms with Crippen molar-refractivity contribution in [1.29, 1.82) is 0 Å². The van der Waals surface area contributed by atoms with Crippen LogP contribution in [0.3, 0.4) is 0 Å². The summed E-state index contributed by atoms with van der Waals surface area (Å²) in [6, 6.07) is 7.68. The average molecular weight is 368 g/mol. The molecule has 0 atom stereocenters. The maximum absolute atomic E-state index is 13.3. The highest BCUT2D eigenvalue weighted by Gasteiger charge is 2.43. The van der Waals surface area contributed by atoms with Crippen LogP contribution in [0.2, 0.25) is 0 Å². The van der Waals surface area contributed by atoms with Crippen molar-refractivity contribution in [2.24, 2.45) is 21.5 Å². The second-order valence-electron chi connectivity index (χ2n) is 7.69. The first-order chi connectivity index (χ1) is 13.1. The van der Waals surface area contributed by atoms with E-state index in [4.69, 9.17) is 16.5 Å². The summed E-state index contributed by atoms with van der Waals surface area (Å²) in [5.74, 6) is 0.611. The van der Waals surface area contributed by atoms with Crippen molar-refractivity contribution in [1.82, 2.24) is 4.90 Å². The number of amides is 1. The number of benzene rings is 1. The summed E-state index contributed by atoms with van der Waals surface area (Å²) in [5, 5.41) is 0. The third-order valence-corrected chi connectivity index (χ3v) is 5.87. The summed E-state index contributed by atoms with van der Waals surface area (Å²) in [7, 11) is 0. The van der Waals surface area contributed by atoms with Crippen molar-refractivity contribution in [3.8, 4) is 0 Å². The largest absolute Gasteiger partial charge is 0.369 e. The summed E-state index contributed by atoms with van der Waals surface area (Å²) >= 11 is 0. The smallest absolute Gasteiger partial charge is 0.255 e. The summed E-state index contributed by atoms with van der Waals surface area (Å²) in [6.45, 7) is 1.62. The molecule has 0 aromatic heterocycles. The molecule has 2 fully saturated rings. The Hall–Kier alpha value is -2.57. The summed E-state index contributed by atoms with van der Waals surface area (Å²) in [4.78, 5) is 26.1. The van der Waals surface area contributed by atoms with Gasteiger partial charge in [0, 0.05) is 13.1 Å². The molecule has 4 N–H and O–H groups in total. The zero-order valence-corrected chi connectivity index (χ0v) is 15.7. The molecule has 4 rings (SSSR count). The predicted molar refractivity (Wildman–Crippen MR) is 108 cm³/mol. The predicted octanol–water partition coefficient (Wildman–Crippen LogP) is 2.42. The number of rotatable bonds is 2. The number of nitrogens with two attached hydrogens (primary N) is 2. The van der Waals surface area contributed by atoms with Gasteiger partial charge in [0.05, 0.1) is 11.3 Å². The van der Waals surface area contributed by atoms with E-state index in [9.17, 15) is 4.79 Å². The lowest BCUT2D eigenvalue weighted by molar-refractivity contribution is 0.0725. The Morgan fingerprint density at radius 1 is 0.963 bits per heavy atom. The average Bonchev–Trinajstić information content (AvgIpc) is 2.68. The highest BCUT2D eigenvalue weighted by molar-refractivity contribution is 6.10. The minimum Gasteiger partial charge on any atom is -0.369 e. The van der Waals surface area contributed by atoms with Gasteiger partial charge in [-0.3, -0.25) is 9.69 Å². The lowest BCUT2D eigenvalue weighted by atomic mass is 9.87. The molecular formula is C20H28N6O. The highest BCUT2D eigenvalue weighted by atomic mass is 16.2. The number of para-hydroxylation sites is 1. The van der Waals surface area contributed by atoms with E-state index < -0.39 is 5.66 Å². The van der Waals surface area contributed by atoms with E-state index in [1.54, 1.807) is 0 Å². The molecule has 7 nitrogen and oxygen atoms in total. The van der Waals surface area contributed by atoms with Crippen molar-refractivity contribution in [2.45, 2.75) is 57.0 Å². The van der Waals surface area contributed by atoms with Gasteiger partial charge in [-0.25, -0.2) is 4.99 Å². The van der Waals surface area contributed by atoms with Gasteiger partial charge in [-0.15, -0.1) is 0 Å². The molecule has 1 aliphatic carbocycles. The molecule has 1 saturated carbocycles. The van der Waals surface area contributed by atoms with Crippen molar-refractivity contribution in [2.75, 3.05) is 18.0 Å². The molecule has 27 heavy (non-hydrogen) atoms. The van der Waals surface area contributed by atoms with Gasteiger partial charge < -0.3 is 16.4 Å². The third-order valence-electron chi connectivity index (χ3n) is 5.87. The fourth-order valence-electron chi connectivity index (χ4n) is 4.59. The van der Waals surface area contributed by atoms with E-state index in [0.29, 0.717) is 11.5 Å². The molecule has 1 aromatic rings. The quantitative estimate of drug-likeness (QED) is 0.837. The summed E-state index contributed by atoms with van der Waals surface area (Å²) in [6.07, 6.45) is 8.32. The number of hydrogen-bond acceptors (Lipinski definition) is 6. The normalized spacial score (nSPS) is 22.4. The fourth-order valence-corrected chi connectivity index (χ4v) is 4.59. The first-order valence-corrected chi connectivity index (χ1v) is 9.99. The van der Waals surface area contributed by atoms with Gasteiger partial charge in [-0.2, -0.15) is 4.99 Å². The van der Waals surface area contributed by atoms with Crippen LogP contribution in [0.15, 0.2) is 34.3 Å². The number of carbonyl (C=O) groups excluding carboxylic acids is 1. The van der Waals surface area contributed by atoms with Crippen LogP contribution in [0.25, 0.3) is 0 Å². The van der Waals surface area contributed by atoms with E-state index in [-0.39, 0.29) is 11.9 Å². The van der Waals surface area contributed by atoms with Crippen LogP contribution in [0, 0.1) is 0 Å². The molecular weight excluding hydrogens is 340 g/mol. The van der Waals surface area contributed by atoms with Gasteiger partial charge in [-0.1, -0.05) is 18.6 Å². The minimum atomic E-state index is -0.535. The van der Waals surface area contributed by atoms with E-state index in [0.717, 1.165) is 57.3 Å². The Morgan fingerprint density at radius 3 is 2.37 bits per heavy atom. The molecule has 2 aliphatic heterocycles. The molecule has 3 aliphatic rings. The van der Waals surface area contributed by atoms with Gasteiger partial charge >= 0.3 is 0 Å². The Kier molecular flexibility index (Phi) is 4.76. The van der Waals surface area contributed by atoms with Gasteiger partial charge in [-0.05, 0) is 57.1 Å². The number of anilines is 1.